The van der Waals surface area contributed by atoms with Crippen LogP contribution >= 0.6 is 0 Å². The Morgan fingerprint density at radius 1 is 1.36 bits per heavy atom. The topological polar surface area (TPSA) is 7.60 Å². The summed E-state index contributed by atoms with van der Waals surface area (Å²) in [5.74, 6) is 0. The van der Waals surface area contributed by atoms with E-state index >= 15 is 0 Å². The lowest BCUT2D eigenvalue weighted by atomic mass is 9.98. The summed E-state index contributed by atoms with van der Waals surface area (Å²) in [7, 11) is 0. The zero-order chi connectivity index (χ0) is 8.27. The van der Waals surface area contributed by atoms with Crippen LogP contribution in [0.4, 0.5) is 0 Å². The quantitative estimate of drug-likeness (QED) is 0.522. The molecule has 0 aromatic rings. The van der Waals surface area contributed by atoms with Crippen molar-refractivity contribution >= 4 is 0 Å². The molecule has 11 heavy (non-hydrogen) atoms. The molecule has 0 aromatic heterocycles. The van der Waals surface area contributed by atoms with E-state index in [2.05, 4.69) is 23.6 Å². The Kier molecular flexibility index (Phi) is 2.90. The van der Waals surface area contributed by atoms with Crippen molar-refractivity contribution in [2.45, 2.75) is 45.2 Å². The van der Waals surface area contributed by atoms with Gasteiger partial charge in [0.1, 0.15) is 0 Å². The van der Waals surface area contributed by atoms with Crippen molar-refractivity contribution in [3.63, 3.8) is 0 Å². The van der Waals surface area contributed by atoms with Crippen LogP contribution in [0.3, 0.4) is 0 Å². The standard InChI is InChI=1S/C9H16N2/c1-8-5-4-6-9(2)11(8)7-10-3/h8-9H,4-7H2,1-2H3. The number of nitrogens with zero attached hydrogens (tertiary/aromatic N) is 2. The van der Waals surface area contributed by atoms with Gasteiger partial charge in [-0.15, -0.1) is 0 Å². The van der Waals surface area contributed by atoms with E-state index in [9.17, 15) is 0 Å². The first-order valence-corrected chi connectivity index (χ1v) is 4.34. The Morgan fingerprint density at radius 2 is 1.91 bits per heavy atom. The van der Waals surface area contributed by atoms with Gasteiger partial charge in [0.25, 0.3) is 6.67 Å². The molecule has 0 aromatic carbocycles. The molecule has 0 amide bonds. The fourth-order valence-corrected chi connectivity index (χ4v) is 1.84. The number of rotatable bonds is 1. The summed E-state index contributed by atoms with van der Waals surface area (Å²) in [6.07, 6.45) is 3.86. The highest BCUT2D eigenvalue weighted by molar-refractivity contribution is 4.81. The Balaban J connectivity index is 2.49. The molecule has 2 nitrogen and oxygen atoms in total. The van der Waals surface area contributed by atoms with E-state index in [1.165, 1.54) is 19.3 Å². The summed E-state index contributed by atoms with van der Waals surface area (Å²) >= 11 is 0. The molecular weight excluding hydrogens is 136 g/mol. The van der Waals surface area contributed by atoms with Gasteiger partial charge >= 0.3 is 0 Å². The molecule has 1 heterocycles. The lowest BCUT2D eigenvalue weighted by molar-refractivity contribution is 0.118. The van der Waals surface area contributed by atoms with Crippen LogP contribution < -0.4 is 0 Å². The summed E-state index contributed by atoms with van der Waals surface area (Å²) in [5, 5.41) is 0. The monoisotopic (exact) mass is 152 g/mol. The first kappa shape index (κ1) is 8.55. The van der Waals surface area contributed by atoms with Gasteiger partial charge in [-0.3, -0.25) is 4.85 Å². The molecule has 1 aliphatic heterocycles. The van der Waals surface area contributed by atoms with Crippen molar-refractivity contribution < 1.29 is 0 Å². The van der Waals surface area contributed by atoms with E-state index in [1.54, 1.807) is 0 Å². The highest BCUT2D eigenvalue weighted by Gasteiger charge is 2.25. The van der Waals surface area contributed by atoms with E-state index in [1.807, 2.05) is 0 Å². The first-order valence-electron chi connectivity index (χ1n) is 4.34. The molecule has 1 rings (SSSR count). The number of hydrogen-bond donors (Lipinski definition) is 0. The predicted octanol–water partition coefficient (Wildman–Crippen LogP) is 2.13. The van der Waals surface area contributed by atoms with E-state index in [0.29, 0.717) is 18.8 Å². The van der Waals surface area contributed by atoms with Gasteiger partial charge in [0.2, 0.25) is 0 Å². The van der Waals surface area contributed by atoms with E-state index in [-0.39, 0.29) is 0 Å². The highest BCUT2D eigenvalue weighted by Crippen LogP contribution is 2.21. The van der Waals surface area contributed by atoms with Gasteiger partial charge in [0.15, 0.2) is 0 Å². The summed E-state index contributed by atoms with van der Waals surface area (Å²) < 4.78 is 0. The molecule has 0 saturated carbocycles. The molecule has 1 aliphatic rings. The lowest BCUT2D eigenvalue weighted by Gasteiger charge is -2.34. The first-order chi connectivity index (χ1) is 5.25. The molecule has 1 saturated heterocycles. The van der Waals surface area contributed by atoms with Gasteiger partial charge in [-0.25, -0.2) is 11.5 Å². The number of hydrogen-bond acceptors (Lipinski definition) is 1. The third-order valence-corrected chi connectivity index (χ3v) is 2.61. The fraction of sp³-hybridized carbons (Fsp3) is 0.889. The van der Waals surface area contributed by atoms with Gasteiger partial charge in [0.05, 0.1) is 0 Å². The minimum absolute atomic E-state index is 0.586. The summed E-state index contributed by atoms with van der Waals surface area (Å²) in [4.78, 5) is 5.74. The molecule has 62 valence electrons. The minimum atomic E-state index is 0.586. The summed E-state index contributed by atoms with van der Waals surface area (Å²) in [6.45, 7) is 11.8. The molecule has 0 N–H and O–H groups in total. The maximum absolute atomic E-state index is 6.80. The summed E-state index contributed by atoms with van der Waals surface area (Å²) in [6, 6.07) is 1.24. The molecule has 1 fully saturated rings. The predicted molar refractivity (Wildman–Crippen MR) is 46.1 cm³/mol. The molecule has 0 radical (unpaired) electrons. The fourth-order valence-electron chi connectivity index (χ4n) is 1.84. The van der Waals surface area contributed by atoms with E-state index < -0.39 is 0 Å². The van der Waals surface area contributed by atoms with Crippen molar-refractivity contribution in [3.8, 4) is 0 Å². The molecular formula is C9H16N2. The molecule has 2 heteroatoms. The maximum Gasteiger partial charge on any atom is 0.271 e. The SMILES string of the molecule is [C-]#[N+]CN1C(C)CCCC1C. The van der Waals surface area contributed by atoms with E-state index in [0.717, 1.165) is 0 Å². The van der Waals surface area contributed by atoms with Gasteiger partial charge in [-0.2, -0.15) is 0 Å². The van der Waals surface area contributed by atoms with Gasteiger partial charge < -0.3 is 0 Å². The van der Waals surface area contributed by atoms with Crippen LogP contribution in [0.2, 0.25) is 0 Å². The average molecular weight is 152 g/mol. The van der Waals surface area contributed by atoms with Crippen LogP contribution in [0, 0.1) is 6.57 Å². The van der Waals surface area contributed by atoms with Crippen LogP contribution in [0.5, 0.6) is 0 Å². The second kappa shape index (κ2) is 3.73. The van der Waals surface area contributed by atoms with Crippen molar-refractivity contribution in [3.05, 3.63) is 11.4 Å². The Bertz CT molecular complexity index is 149. The molecule has 0 spiro atoms. The Hall–Kier alpha value is -0.550. The Labute approximate surface area is 69.0 Å². The van der Waals surface area contributed by atoms with Gasteiger partial charge in [-0.1, -0.05) is 6.42 Å². The second-order valence-electron chi connectivity index (χ2n) is 3.44. The number of piperidine rings is 1. The normalized spacial score (nSPS) is 33.2. The van der Waals surface area contributed by atoms with Crippen molar-refractivity contribution in [1.82, 2.24) is 4.90 Å². The zero-order valence-corrected chi connectivity index (χ0v) is 7.38. The van der Waals surface area contributed by atoms with Crippen molar-refractivity contribution in [2.24, 2.45) is 0 Å². The minimum Gasteiger partial charge on any atom is -0.299 e. The zero-order valence-electron chi connectivity index (χ0n) is 7.38. The largest absolute Gasteiger partial charge is 0.299 e. The molecule has 0 aliphatic carbocycles. The third-order valence-electron chi connectivity index (χ3n) is 2.61. The summed E-state index contributed by atoms with van der Waals surface area (Å²) in [5.41, 5.74) is 0. The molecule has 2 unspecified atom stereocenters. The highest BCUT2D eigenvalue weighted by atomic mass is 15.2. The third kappa shape index (κ3) is 1.94. The Morgan fingerprint density at radius 3 is 2.36 bits per heavy atom. The molecule has 2 atom stereocenters. The van der Waals surface area contributed by atoms with Crippen molar-refractivity contribution in [1.29, 1.82) is 0 Å². The maximum atomic E-state index is 6.80. The van der Waals surface area contributed by atoms with E-state index in [4.69, 9.17) is 6.57 Å². The number of likely N-dealkylation sites (tertiary alicyclic amines) is 1. The second-order valence-corrected chi connectivity index (χ2v) is 3.44. The smallest absolute Gasteiger partial charge is 0.271 e. The van der Waals surface area contributed by atoms with Gasteiger partial charge in [0, 0.05) is 12.1 Å². The lowest BCUT2D eigenvalue weighted by Crippen LogP contribution is -2.43. The van der Waals surface area contributed by atoms with Crippen LogP contribution in [-0.4, -0.2) is 23.7 Å². The van der Waals surface area contributed by atoms with Crippen LogP contribution in [0.15, 0.2) is 0 Å². The van der Waals surface area contributed by atoms with Crippen LogP contribution in [0.1, 0.15) is 33.1 Å². The van der Waals surface area contributed by atoms with Gasteiger partial charge in [-0.05, 0) is 26.7 Å². The molecule has 0 bridgehead atoms. The average Bonchev–Trinajstić information content (AvgIpc) is 1.97. The van der Waals surface area contributed by atoms with Crippen molar-refractivity contribution in [2.75, 3.05) is 6.67 Å². The van der Waals surface area contributed by atoms with Crippen LogP contribution in [-0.2, 0) is 0 Å². The van der Waals surface area contributed by atoms with Crippen LogP contribution in [0.25, 0.3) is 4.85 Å².